The van der Waals surface area contributed by atoms with Gasteiger partial charge in [-0.25, -0.2) is 0 Å². The molecular formula is C34H42N2O5. The van der Waals surface area contributed by atoms with Crippen LogP contribution in [0.3, 0.4) is 0 Å². The fourth-order valence-electron chi connectivity index (χ4n) is 5.57. The summed E-state index contributed by atoms with van der Waals surface area (Å²) in [6, 6.07) is 21.5. The maximum absolute atomic E-state index is 13.6. The van der Waals surface area contributed by atoms with E-state index >= 15 is 0 Å². The Hall–Kier alpha value is -4.00. The summed E-state index contributed by atoms with van der Waals surface area (Å²) in [5, 5.41) is 0. The quantitative estimate of drug-likeness (QED) is 0.249. The van der Waals surface area contributed by atoms with Crippen molar-refractivity contribution in [1.29, 1.82) is 0 Å². The van der Waals surface area contributed by atoms with Crippen molar-refractivity contribution in [2.24, 2.45) is 0 Å². The zero-order valence-corrected chi connectivity index (χ0v) is 24.9. The second-order valence-electron chi connectivity index (χ2n) is 10.6. The van der Waals surface area contributed by atoms with Crippen molar-refractivity contribution in [2.45, 2.75) is 57.5 Å². The molecule has 2 atom stereocenters. The van der Waals surface area contributed by atoms with Crippen LogP contribution in [0.15, 0.2) is 66.7 Å². The van der Waals surface area contributed by atoms with Gasteiger partial charge in [0, 0.05) is 20.0 Å². The molecule has 0 N–H and O–H groups in total. The molecule has 0 radical (unpaired) electrons. The zero-order chi connectivity index (χ0) is 29.4. The molecule has 1 fully saturated rings. The lowest BCUT2D eigenvalue weighted by Crippen LogP contribution is -2.63. The van der Waals surface area contributed by atoms with Crippen LogP contribution in [-0.4, -0.2) is 68.6 Å². The van der Waals surface area contributed by atoms with Crippen LogP contribution in [0.1, 0.15) is 43.7 Å². The summed E-state index contributed by atoms with van der Waals surface area (Å²) in [6.45, 7) is 2.45. The van der Waals surface area contributed by atoms with Gasteiger partial charge in [-0.15, -0.1) is 0 Å². The van der Waals surface area contributed by atoms with Crippen LogP contribution in [0.5, 0.6) is 17.2 Å². The SMILES string of the molecule is COc1cc(-c2ccc(C[C@H]3C(=O)N(CCCCCCc4ccccc4)[C@@H](C)C(=O)N3C)cc2)cc(OC)c1OC. The number of carbonyl (C=O) groups is 2. The van der Waals surface area contributed by atoms with Crippen molar-refractivity contribution in [2.75, 3.05) is 34.9 Å². The molecule has 0 aromatic heterocycles. The maximum atomic E-state index is 13.6. The van der Waals surface area contributed by atoms with Gasteiger partial charge in [-0.05, 0) is 60.6 Å². The van der Waals surface area contributed by atoms with Crippen molar-refractivity contribution in [1.82, 2.24) is 9.80 Å². The Morgan fingerprint density at radius 2 is 1.34 bits per heavy atom. The van der Waals surface area contributed by atoms with Gasteiger partial charge in [0.2, 0.25) is 17.6 Å². The van der Waals surface area contributed by atoms with Crippen molar-refractivity contribution >= 4 is 11.8 Å². The van der Waals surface area contributed by atoms with Gasteiger partial charge >= 0.3 is 0 Å². The summed E-state index contributed by atoms with van der Waals surface area (Å²) in [5.74, 6) is 1.74. The van der Waals surface area contributed by atoms with Crippen molar-refractivity contribution in [3.8, 4) is 28.4 Å². The summed E-state index contributed by atoms with van der Waals surface area (Å²) in [6.07, 6.45) is 5.73. The Kier molecular flexibility index (Phi) is 10.3. The van der Waals surface area contributed by atoms with E-state index in [-0.39, 0.29) is 11.8 Å². The first-order valence-electron chi connectivity index (χ1n) is 14.4. The number of likely N-dealkylation sites (N-methyl/N-ethyl adjacent to an activating group) is 1. The second-order valence-corrected chi connectivity index (χ2v) is 10.6. The highest BCUT2D eigenvalue weighted by Crippen LogP contribution is 2.41. The average Bonchev–Trinajstić information content (AvgIpc) is 3.01. The van der Waals surface area contributed by atoms with Crippen LogP contribution in [-0.2, 0) is 22.4 Å². The van der Waals surface area contributed by atoms with E-state index in [1.807, 2.05) is 49.4 Å². The molecule has 218 valence electrons. The number of piperazine rings is 1. The molecule has 1 aliphatic rings. The molecule has 41 heavy (non-hydrogen) atoms. The van der Waals surface area contributed by atoms with Crippen LogP contribution in [0.25, 0.3) is 11.1 Å². The highest BCUT2D eigenvalue weighted by Gasteiger charge is 2.41. The number of rotatable bonds is 13. The van der Waals surface area contributed by atoms with E-state index in [4.69, 9.17) is 14.2 Å². The molecule has 7 heteroatoms. The smallest absolute Gasteiger partial charge is 0.246 e. The molecule has 2 amide bonds. The minimum atomic E-state index is -0.510. The largest absolute Gasteiger partial charge is 0.493 e. The van der Waals surface area contributed by atoms with Gasteiger partial charge in [0.1, 0.15) is 12.1 Å². The Balaban J connectivity index is 1.38. The first-order valence-corrected chi connectivity index (χ1v) is 14.4. The van der Waals surface area contributed by atoms with Crippen LogP contribution < -0.4 is 14.2 Å². The number of ether oxygens (including phenoxy) is 3. The Labute approximate surface area is 244 Å². The normalized spacial score (nSPS) is 17.1. The van der Waals surface area contributed by atoms with E-state index in [1.165, 1.54) is 5.56 Å². The second kappa shape index (κ2) is 14.1. The molecule has 1 aliphatic heterocycles. The first kappa shape index (κ1) is 30.0. The third kappa shape index (κ3) is 7.02. The minimum absolute atomic E-state index is 0.00674. The summed E-state index contributed by atoms with van der Waals surface area (Å²) in [4.78, 5) is 30.1. The van der Waals surface area contributed by atoms with Crippen LogP contribution in [0, 0.1) is 0 Å². The molecule has 1 saturated heterocycles. The number of aryl methyl sites for hydroxylation is 1. The maximum Gasteiger partial charge on any atom is 0.246 e. The first-order chi connectivity index (χ1) is 19.9. The van der Waals surface area contributed by atoms with Gasteiger partial charge in [0.25, 0.3) is 0 Å². The number of unbranched alkanes of at least 4 members (excludes halogenated alkanes) is 3. The van der Waals surface area contributed by atoms with Gasteiger partial charge in [0.05, 0.1) is 21.3 Å². The molecule has 0 saturated carbocycles. The van der Waals surface area contributed by atoms with Gasteiger partial charge in [-0.2, -0.15) is 0 Å². The predicted octanol–water partition coefficient (Wildman–Crippen LogP) is 5.78. The van der Waals surface area contributed by atoms with E-state index < -0.39 is 12.1 Å². The number of methoxy groups -OCH3 is 3. The third-order valence-corrected chi connectivity index (χ3v) is 8.05. The standard InChI is InChI=1S/C34H42N2O5/c1-24-33(37)35(2)29(34(38)36(24)20-12-7-6-9-13-25-14-10-8-11-15-25)21-26-16-18-27(19-17-26)28-22-30(39-3)32(41-5)31(23-28)40-4/h8,10-11,14-19,22-24,29H,6-7,9,12-13,20-21H2,1-5H3/t24-,29-/m0/s1. The lowest BCUT2D eigenvalue weighted by Gasteiger charge is -2.42. The number of hydrogen-bond donors (Lipinski definition) is 0. The fourth-order valence-corrected chi connectivity index (χ4v) is 5.57. The summed E-state index contributed by atoms with van der Waals surface area (Å²) < 4.78 is 16.4. The summed E-state index contributed by atoms with van der Waals surface area (Å²) in [7, 11) is 6.52. The minimum Gasteiger partial charge on any atom is -0.493 e. The zero-order valence-electron chi connectivity index (χ0n) is 24.9. The van der Waals surface area contributed by atoms with Gasteiger partial charge in [0.15, 0.2) is 11.5 Å². The monoisotopic (exact) mass is 558 g/mol. The molecular weight excluding hydrogens is 516 g/mol. The molecule has 0 spiro atoms. The van der Waals surface area contributed by atoms with E-state index in [0.717, 1.165) is 48.8 Å². The van der Waals surface area contributed by atoms with E-state index in [2.05, 4.69) is 24.3 Å². The van der Waals surface area contributed by atoms with E-state index in [1.54, 1.807) is 38.2 Å². The van der Waals surface area contributed by atoms with Gasteiger partial charge < -0.3 is 24.0 Å². The number of benzene rings is 3. The predicted molar refractivity (Wildman–Crippen MR) is 162 cm³/mol. The molecule has 4 rings (SSSR count). The summed E-state index contributed by atoms with van der Waals surface area (Å²) >= 11 is 0. The number of hydrogen-bond acceptors (Lipinski definition) is 5. The molecule has 1 heterocycles. The number of carbonyl (C=O) groups excluding carboxylic acids is 2. The lowest BCUT2D eigenvalue weighted by molar-refractivity contribution is -0.159. The van der Waals surface area contributed by atoms with Crippen molar-refractivity contribution < 1.29 is 23.8 Å². The highest BCUT2D eigenvalue weighted by atomic mass is 16.5. The van der Waals surface area contributed by atoms with Crippen LogP contribution in [0.2, 0.25) is 0 Å². The molecule has 3 aromatic carbocycles. The van der Waals surface area contributed by atoms with Crippen molar-refractivity contribution in [3.05, 3.63) is 77.9 Å². The molecule has 0 bridgehead atoms. The topological polar surface area (TPSA) is 68.3 Å². The number of amides is 2. The van der Waals surface area contributed by atoms with E-state index in [0.29, 0.717) is 30.2 Å². The average molecular weight is 559 g/mol. The van der Waals surface area contributed by atoms with Crippen LogP contribution in [0.4, 0.5) is 0 Å². The molecule has 0 unspecified atom stereocenters. The molecule has 3 aromatic rings. The van der Waals surface area contributed by atoms with Gasteiger partial charge in [-0.1, -0.05) is 67.4 Å². The Morgan fingerprint density at radius 1 is 0.707 bits per heavy atom. The summed E-state index contributed by atoms with van der Waals surface area (Å²) in [5.41, 5.74) is 4.26. The van der Waals surface area contributed by atoms with Crippen LogP contribution >= 0.6 is 0 Å². The van der Waals surface area contributed by atoms with Crippen molar-refractivity contribution in [3.63, 3.8) is 0 Å². The highest BCUT2D eigenvalue weighted by molar-refractivity contribution is 5.96. The number of nitrogens with zero attached hydrogens (tertiary/aromatic N) is 2. The Morgan fingerprint density at radius 3 is 1.95 bits per heavy atom. The lowest BCUT2D eigenvalue weighted by atomic mass is 9.96. The molecule has 7 nitrogen and oxygen atoms in total. The molecule has 0 aliphatic carbocycles. The third-order valence-electron chi connectivity index (χ3n) is 8.05. The fraction of sp³-hybridized carbons (Fsp3) is 0.412. The van der Waals surface area contributed by atoms with Gasteiger partial charge in [-0.3, -0.25) is 9.59 Å². The van der Waals surface area contributed by atoms with E-state index in [9.17, 15) is 9.59 Å². The Bertz CT molecular complexity index is 1280.